The van der Waals surface area contributed by atoms with E-state index >= 15 is 0 Å². The second-order valence-electron chi connectivity index (χ2n) is 5.77. The van der Waals surface area contributed by atoms with E-state index in [0.29, 0.717) is 17.3 Å². The largest absolute Gasteiger partial charge is 0.497 e. The van der Waals surface area contributed by atoms with E-state index in [9.17, 15) is 9.59 Å². The Kier molecular flexibility index (Phi) is 7.05. The van der Waals surface area contributed by atoms with Crippen LogP contribution in [-0.4, -0.2) is 44.7 Å². The van der Waals surface area contributed by atoms with Crippen molar-refractivity contribution >= 4 is 18.0 Å². The zero-order chi connectivity index (χ0) is 19.8. The SMILES string of the molecule is COC(=O)CN(Cc1cc(OC)cc(OC)c1)C(=O)/C=C/c1ccc(C)o1. The van der Waals surface area contributed by atoms with E-state index < -0.39 is 5.97 Å². The number of aryl methyl sites for hydroxylation is 1. The van der Waals surface area contributed by atoms with Gasteiger partial charge in [-0.2, -0.15) is 0 Å². The number of carbonyl (C=O) groups is 2. The Balaban J connectivity index is 2.22. The zero-order valence-corrected chi connectivity index (χ0v) is 15.9. The highest BCUT2D eigenvalue weighted by Gasteiger charge is 2.17. The number of furan rings is 1. The van der Waals surface area contributed by atoms with E-state index in [0.717, 1.165) is 11.3 Å². The summed E-state index contributed by atoms with van der Waals surface area (Å²) in [5, 5.41) is 0. The number of nitrogens with zero attached hydrogens (tertiary/aromatic N) is 1. The molecule has 0 unspecified atom stereocenters. The quantitative estimate of drug-likeness (QED) is 0.523. The third kappa shape index (κ3) is 5.91. The Hall–Kier alpha value is -3.22. The summed E-state index contributed by atoms with van der Waals surface area (Å²) >= 11 is 0. The maximum Gasteiger partial charge on any atom is 0.325 e. The Morgan fingerprint density at radius 3 is 2.26 bits per heavy atom. The lowest BCUT2D eigenvalue weighted by atomic mass is 10.1. The van der Waals surface area contributed by atoms with E-state index in [1.165, 1.54) is 18.1 Å². The molecular weight excluding hydrogens is 350 g/mol. The summed E-state index contributed by atoms with van der Waals surface area (Å²) in [5.74, 6) is 1.63. The predicted octanol–water partition coefficient (Wildman–Crippen LogP) is 2.82. The maximum atomic E-state index is 12.6. The number of hydrogen-bond acceptors (Lipinski definition) is 6. The molecule has 0 atom stereocenters. The van der Waals surface area contributed by atoms with Gasteiger partial charge < -0.3 is 23.5 Å². The Bertz CT molecular complexity index is 801. The number of rotatable bonds is 8. The van der Waals surface area contributed by atoms with Gasteiger partial charge in [-0.15, -0.1) is 0 Å². The van der Waals surface area contributed by atoms with Gasteiger partial charge in [-0.25, -0.2) is 0 Å². The molecule has 0 aliphatic carbocycles. The summed E-state index contributed by atoms with van der Waals surface area (Å²) in [7, 11) is 4.37. The molecule has 0 spiro atoms. The van der Waals surface area contributed by atoms with E-state index in [4.69, 9.17) is 18.6 Å². The molecule has 7 heteroatoms. The van der Waals surface area contributed by atoms with Gasteiger partial charge in [0.1, 0.15) is 29.6 Å². The smallest absolute Gasteiger partial charge is 0.325 e. The van der Waals surface area contributed by atoms with Crippen LogP contribution >= 0.6 is 0 Å². The fourth-order valence-corrected chi connectivity index (χ4v) is 2.41. The fraction of sp³-hybridized carbons (Fsp3) is 0.300. The first-order chi connectivity index (χ1) is 12.9. The van der Waals surface area contributed by atoms with Gasteiger partial charge in [-0.1, -0.05) is 0 Å². The lowest BCUT2D eigenvalue weighted by molar-refractivity contribution is -0.145. The summed E-state index contributed by atoms with van der Waals surface area (Å²) in [5.41, 5.74) is 0.755. The van der Waals surface area contributed by atoms with Crippen LogP contribution in [0.5, 0.6) is 11.5 Å². The van der Waals surface area contributed by atoms with Gasteiger partial charge in [0.2, 0.25) is 5.91 Å². The van der Waals surface area contributed by atoms with Gasteiger partial charge in [-0.05, 0) is 42.8 Å². The van der Waals surface area contributed by atoms with E-state index in [1.54, 1.807) is 50.6 Å². The molecule has 2 aromatic rings. The standard InChI is InChI=1S/C20H23NO6/c1-14-5-6-16(27-14)7-8-19(22)21(13-20(23)26-4)12-15-9-17(24-2)11-18(10-15)25-3/h5-11H,12-13H2,1-4H3/b8-7+. The van der Waals surface area contributed by atoms with Crippen LogP contribution in [0.4, 0.5) is 0 Å². The van der Waals surface area contributed by atoms with Crippen LogP contribution in [0.15, 0.2) is 40.8 Å². The number of esters is 1. The van der Waals surface area contributed by atoms with Gasteiger partial charge in [0, 0.05) is 18.7 Å². The van der Waals surface area contributed by atoms with Crippen molar-refractivity contribution in [2.24, 2.45) is 0 Å². The van der Waals surface area contributed by atoms with Gasteiger partial charge in [0.05, 0.1) is 21.3 Å². The second-order valence-corrected chi connectivity index (χ2v) is 5.77. The predicted molar refractivity (Wildman–Crippen MR) is 99.5 cm³/mol. The number of carbonyl (C=O) groups excluding carboxylic acids is 2. The molecule has 2 rings (SSSR count). The Morgan fingerprint density at radius 1 is 1.07 bits per heavy atom. The van der Waals surface area contributed by atoms with Crippen LogP contribution in [-0.2, 0) is 20.9 Å². The van der Waals surface area contributed by atoms with E-state index in [-0.39, 0.29) is 19.0 Å². The molecule has 1 amide bonds. The minimum absolute atomic E-state index is 0.184. The van der Waals surface area contributed by atoms with Crippen molar-refractivity contribution < 1.29 is 28.2 Å². The van der Waals surface area contributed by atoms with Crippen molar-refractivity contribution in [2.45, 2.75) is 13.5 Å². The minimum Gasteiger partial charge on any atom is -0.497 e. The lowest BCUT2D eigenvalue weighted by Crippen LogP contribution is -2.34. The van der Waals surface area contributed by atoms with Crippen molar-refractivity contribution in [2.75, 3.05) is 27.9 Å². The summed E-state index contributed by atoms with van der Waals surface area (Å²) in [6.07, 6.45) is 2.92. The molecular formula is C20H23NO6. The Morgan fingerprint density at radius 2 is 1.74 bits per heavy atom. The molecule has 7 nitrogen and oxygen atoms in total. The highest BCUT2D eigenvalue weighted by molar-refractivity contribution is 5.93. The maximum absolute atomic E-state index is 12.6. The van der Waals surface area contributed by atoms with Crippen molar-refractivity contribution in [1.29, 1.82) is 0 Å². The number of hydrogen-bond donors (Lipinski definition) is 0. The van der Waals surface area contributed by atoms with Crippen LogP contribution in [0.2, 0.25) is 0 Å². The molecule has 0 N–H and O–H groups in total. The highest BCUT2D eigenvalue weighted by Crippen LogP contribution is 2.23. The normalized spacial score (nSPS) is 10.7. The molecule has 0 bridgehead atoms. The van der Waals surface area contributed by atoms with Crippen LogP contribution < -0.4 is 9.47 Å². The first kappa shape index (κ1) is 20.1. The minimum atomic E-state index is -0.513. The number of amides is 1. The summed E-state index contributed by atoms with van der Waals surface area (Å²) in [6, 6.07) is 8.85. The van der Waals surface area contributed by atoms with Gasteiger partial charge >= 0.3 is 5.97 Å². The molecule has 0 aliphatic heterocycles. The van der Waals surface area contributed by atoms with E-state index in [1.807, 2.05) is 6.92 Å². The molecule has 0 fully saturated rings. The topological polar surface area (TPSA) is 78.2 Å². The number of benzene rings is 1. The van der Waals surface area contributed by atoms with Gasteiger partial charge in [-0.3, -0.25) is 9.59 Å². The zero-order valence-electron chi connectivity index (χ0n) is 15.9. The molecule has 0 radical (unpaired) electrons. The molecule has 0 aliphatic rings. The first-order valence-corrected chi connectivity index (χ1v) is 8.27. The van der Waals surface area contributed by atoms with Crippen LogP contribution in [0, 0.1) is 6.92 Å². The van der Waals surface area contributed by atoms with Crippen LogP contribution in [0.25, 0.3) is 6.08 Å². The molecule has 144 valence electrons. The monoisotopic (exact) mass is 373 g/mol. The highest BCUT2D eigenvalue weighted by atomic mass is 16.5. The molecule has 1 heterocycles. The van der Waals surface area contributed by atoms with Gasteiger partial charge in [0.25, 0.3) is 0 Å². The molecule has 0 saturated carbocycles. The second kappa shape index (κ2) is 9.47. The summed E-state index contributed by atoms with van der Waals surface area (Å²) < 4.78 is 20.6. The molecule has 0 saturated heterocycles. The van der Waals surface area contributed by atoms with Crippen molar-refractivity contribution in [3.63, 3.8) is 0 Å². The number of methoxy groups -OCH3 is 3. The summed E-state index contributed by atoms with van der Waals surface area (Å²) in [6.45, 7) is 1.82. The average molecular weight is 373 g/mol. The Labute approximate surface area is 158 Å². The van der Waals surface area contributed by atoms with Crippen molar-refractivity contribution in [1.82, 2.24) is 4.90 Å². The average Bonchev–Trinajstić information content (AvgIpc) is 3.10. The lowest BCUT2D eigenvalue weighted by Gasteiger charge is -2.20. The van der Waals surface area contributed by atoms with Gasteiger partial charge in [0.15, 0.2) is 0 Å². The molecule has 27 heavy (non-hydrogen) atoms. The van der Waals surface area contributed by atoms with Crippen LogP contribution in [0.3, 0.4) is 0 Å². The van der Waals surface area contributed by atoms with Crippen molar-refractivity contribution in [3.8, 4) is 11.5 Å². The van der Waals surface area contributed by atoms with Crippen LogP contribution in [0.1, 0.15) is 17.1 Å². The molecule has 1 aromatic heterocycles. The third-order valence-electron chi connectivity index (χ3n) is 3.80. The molecule has 1 aromatic carbocycles. The third-order valence-corrected chi connectivity index (χ3v) is 3.80. The first-order valence-electron chi connectivity index (χ1n) is 8.27. The van der Waals surface area contributed by atoms with E-state index in [2.05, 4.69) is 0 Å². The fourth-order valence-electron chi connectivity index (χ4n) is 2.41. The van der Waals surface area contributed by atoms with Crippen molar-refractivity contribution in [3.05, 3.63) is 53.5 Å². The summed E-state index contributed by atoms with van der Waals surface area (Å²) in [4.78, 5) is 25.7. The number of ether oxygens (including phenoxy) is 3.